The molecule has 1 aromatic rings. The van der Waals surface area contributed by atoms with Crippen molar-refractivity contribution in [3.8, 4) is 0 Å². The van der Waals surface area contributed by atoms with Crippen LogP contribution in [0.2, 0.25) is 0 Å². The Balaban J connectivity index is 1.61. The summed E-state index contributed by atoms with van der Waals surface area (Å²) in [5.41, 5.74) is 4.04. The lowest BCUT2D eigenvalue weighted by atomic mass is 10.0. The largest absolute Gasteiger partial charge is 0.477 e. The Morgan fingerprint density at radius 2 is 1.89 bits per heavy atom. The zero-order valence-corrected chi connectivity index (χ0v) is 17.0. The molecule has 28 heavy (non-hydrogen) atoms. The van der Waals surface area contributed by atoms with Gasteiger partial charge in [0.25, 0.3) is 5.79 Å². The van der Waals surface area contributed by atoms with Gasteiger partial charge in [0.2, 0.25) is 0 Å². The molecule has 156 valence electrons. The average Bonchev–Trinajstić information content (AvgIpc) is 2.65. The second-order valence-electron chi connectivity index (χ2n) is 6.96. The standard InChI is InChI=1S/C19H27NO7S/c1-14(16-7-9-17(10-8-16)28(3,23)24)20-27-11-5-4-6-15-12-25-19(2,18(21)22)26-13-15/h7-10,15,20H,1,4-6,11-13H2,2-3H3,(H,21,22). The Labute approximate surface area is 165 Å². The summed E-state index contributed by atoms with van der Waals surface area (Å²) in [5.74, 6) is -2.48. The van der Waals surface area contributed by atoms with E-state index in [-0.39, 0.29) is 10.8 Å². The van der Waals surface area contributed by atoms with Crippen LogP contribution in [0.15, 0.2) is 35.7 Å². The van der Waals surface area contributed by atoms with Crippen molar-refractivity contribution in [3.63, 3.8) is 0 Å². The smallest absolute Gasteiger partial charge is 0.364 e. The number of sulfone groups is 1. The Bertz CT molecular complexity index is 781. The molecule has 1 aromatic carbocycles. The first kappa shape index (κ1) is 22.4. The molecule has 1 heterocycles. The summed E-state index contributed by atoms with van der Waals surface area (Å²) in [5, 5.41) is 9.03. The quantitative estimate of drug-likeness (QED) is 0.444. The first-order valence-electron chi connectivity index (χ1n) is 9.00. The van der Waals surface area contributed by atoms with Crippen LogP contribution in [0.1, 0.15) is 31.7 Å². The highest BCUT2D eigenvalue weighted by Crippen LogP contribution is 2.24. The van der Waals surface area contributed by atoms with Crippen molar-refractivity contribution in [1.82, 2.24) is 5.48 Å². The zero-order valence-electron chi connectivity index (χ0n) is 16.1. The molecule has 0 bridgehead atoms. The minimum atomic E-state index is -3.22. The molecular formula is C19H27NO7S. The van der Waals surface area contributed by atoms with E-state index < -0.39 is 21.6 Å². The topological polar surface area (TPSA) is 111 Å². The molecule has 1 aliphatic heterocycles. The SMILES string of the molecule is C=C(NOCCCCC1COC(C)(C(=O)O)OC1)c1ccc(S(C)(=O)=O)cc1. The maximum Gasteiger partial charge on any atom is 0.364 e. The summed E-state index contributed by atoms with van der Waals surface area (Å²) in [6, 6.07) is 6.40. The summed E-state index contributed by atoms with van der Waals surface area (Å²) < 4.78 is 33.5. The molecule has 0 saturated carbocycles. The van der Waals surface area contributed by atoms with E-state index in [0.717, 1.165) is 31.1 Å². The second-order valence-corrected chi connectivity index (χ2v) is 8.98. The molecule has 9 heteroatoms. The van der Waals surface area contributed by atoms with Gasteiger partial charge in [0.15, 0.2) is 9.84 Å². The van der Waals surface area contributed by atoms with Gasteiger partial charge in [-0.2, -0.15) is 0 Å². The molecule has 0 radical (unpaired) electrons. The van der Waals surface area contributed by atoms with Gasteiger partial charge in [-0.15, -0.1) is 0 Å². The van der Waals surface area contributed by atoms with Crippen LogP contribution in [-0.4, -0.2) is 51.4 Å². The molecule has 0 amide bonds. The van der Waals surface area contributed by atoms with Crippen LogP contribution in [0.25, 0.3) is 5.70 Å². The number of hydrogen-bond donors (Lipinski definition) is 2. The van der Waals surface area contributed by atoms with E-state index in [1.807, 2.05) is 0 Å². The summed E-state index contributed by atoms with van der Waals surface area (Å²) in [6.45, 7) is 6.48. The minimum Gasteiger partial charge on any atom is -0.477 e. The highest BCUT2D eigenvalue weighted by Gasteiger charge is 2.40. The van der Waals surface area contributed by atoms with E-state index in [9.17, 15) is 13.2 Å². The minimum absolute atomic E-state index is 0.170. The lowest BCUT2D eigenvalue weighted by Gasteiger charge is -2.34. The number of rotatable bonds is 10. The van der Waals surface area contributed by atoms with Crippen LogP contribution in [-0.2, 0) is 28.9 Å². The number of unbranched alkanes of at least 4 members (excludes halogenated alkanes) is 1. The predicted molar refractivity (Wildman–Crippen MR) is 103 cm³/mol. The van der Waals surface area contributed by atoms with E-state index in [2.05, 4.69) is 12.1 Å². The van der Waals surface area contributed by atoms with Crippen molar-refractivity contribution >= 4 is 21.5 Å². The number of carboxylic acid groups (broad SMARTS) is 1. The molecule has 0 spiro atoms. The molecule has 2 N–H and O–H groups in total. The summed E-state index contributed by atoms with van der Waals surface area (Å²) in [4.78, 5) is 16.7. The summed E-state index contributed by atoms with van der Waals surface area (Å²) in [7, 11) is -3.22. The molecule has 0 atom stereocenters. The zero-order chi connectivity index (χ0) is 20.8. The molecule has 0 aromatic heterocycles. The van der Waals surface area contributed by atoms with Crippen LogP contribution in [0, 0.1) is 5.92 Å². The average molecular weight is 413 g/mol. The Morgan fingerprint density at radius 1 is 1.29 bits per heavy atom. The van der Waals surface area contributed by atoms with E-state index >= 15 is 0 Å². The molecule has 1 saturated heterocycles. The first-order valence-corrected chi connectivity index (χ1v) is 10.9. The van der Waals surface area contributed by atoms with Crippen molar-refractivity contribution in [2.24, 2.45) is 5.92 Å². The number of hydrogen-bond acceptors (Lipinski definition) is 7. The van der Waals surface area contributed by atoms with Crippen LogP contribution in [0.5, 0.6) is 0 Å². The Kier molecular flexibility index (Phi) is 7.59. The van der Waals surface area contributed by atoms with Gasteiger partial charge in [-0.25, -0.2) is 13.2 Å². The second kappa shape index (κ2) is 9.51. The lowest BCUT2D eigenvalue weighted by Crippen LogP contribution is -2.47. The van der Waals surface area contributed by atoms with Crippen LogP contribution >= 0.6 is 0 Å². The van der Waals surface area contributed by atoms with Gasteiger partial charge in [0.05, 0.1) is 30.4 Å². The summed E-state index contributed by atoms with van der Waals surface area (Å²) in [6.07, 6.45) is 3.71. The van der Waals surface area contributed by atoms with Crippen LogP contribution < -0.4 is 5.48 Å². The lowest BCUT2D eigenvalue weighted by molar-refractivity contribution is -0.271. The third-order valence-electron chi connectivity index (χ3n) is 4.51. The van der Waals surface area contributed by atoms with Crippen molar-refractivity contribution < 1.29 is 32.6 Å². The number of carboxylic acids is 1. The first-order chi connectivity index (χ1) is 13.1. The van der Waals surface area contributed by atoms with Crippen molar-refractivity contribution in [3.05, 3.63) is 36.4 Å². The Morgan fingerprint density at radius 3 is 2.43 bits per heavy atom. The van der Waals surface area contributed by atoms with E-state index in [1.54, 1.807) is 12.1 Å². The Hall–Kier alpha value is -1.94. The maximum atomic E-state index is 11.5. The number of nitrogens with one attached hydrogen (secondary N) is 1. The third kappa shape index (κ3) is 6.30. The van der Waals surface area contributed by atoms with E-state index in [4.69, 9.17) is 19.4 Å². The van der Waals surface area contributed by atoms with Gasteiger partial charge in [-0.05, 0) is 30.5 Å². The molecule has 8 nitrogen and oxygen atoms in total. The summed E-state index contributed by atoms with van der Waals surface area (Å²) >= 11 is 0. The number of benzene rings is 1. The fourth-order valence-corrected chi connectivity index (χ4v) is 3.27. The van der Waals surface area contributed by atoms with Crippen molar-refractivity contribution in [1.29, 1.82) is 0 Å². The number of ether oxygens (including phenoxy) is 2. The molecule has 1 aliphatic rings. The van der Waals surface area contributed by atoms with E-state index in [0.29, 0.717) is 25.5 Å². The fourth-order valence-electron chi connectivity index (χ4n) is 2.64. The van der Waals surface area contributed by atoms with Gasteiger partial charge in [0.1, 0.15) is 0 Å². The van der Waals surface area contributed by atoms with Crippen LogP contribution in [0.3, 0.4) is 0 Å². The maximum absolute atomic E-state index is 11.5. The normalized spacial score (nSPS) is 22.6. The fraction of sp³-hybridized carbons (Fsp3) is 0.526. The number of aliphatic carboxylic acids is 1. The monoisotopic (exact) mass is 413 g/mol. The molecule has 0 unspecified atom stereocenters. The van der Waals surface area contributed by atoms with Crippen molar-refractivity contribution in [2.45, 2.75) is 36.9 Å². The highest BCUT2D eigenvalue weighted by molar-refractivity contribution is 7.90. The molecule has 0 aliphatic carbocycles. The van der Waals surface area contributed by atoms with Gasteiger partial charge < -0.3 is 14.6 Å². The number of carbonyl (C=O) groups is 1. The van der Waals surface area contributed by atoms with E-state index in [1.165, 1.54) is 19.1 Å². The van der Waals surface area contributed by atoms with Crippen molar-refractivity contribution in [2.75, 3.05) is 26.1 Å². The predicted octanol–water partition coefficient (Wildman–Crippen LogP) is 2.22. The highest BCUT2D eigenvalue weighted by atomic mass is 32.2. The van der Waals surface area contributed by atoms with Crippen LogP contribution in [0.4, 0.5) is 0 Å². The third-order valence-corrected chi connectivity index (χ3v) is 5.64. The molecule has 1 fully saturated rings. The van der Waals surface area contributed by atoms with Gasteiger partial charge >= 0.3 is 5.97 Å². The number of hydroxylamine groups is 1. The van der Waals surface area contributed by atoms with Gasteiger partial charge in [-0.3, -0.25) is 10.3 Å². The van der Waals surface area contributed by atoms with Gasteiger partial charge in [0, 0.05) is 19.1 Å². The molecular weight excluding hydrogens is 386 g/mol. The molecule has 2 rings (SSSR count). The van der Waals surface area contributed by atoms with Gasteiger partial charge in [-0.1, -0.05) is 25.1 Å².